The number of carbonyl (C=O) groups is 1. The molecule has 0 aliphatic heterocycles. The average molecular weight is 714 g/mol. The predicted molar refractivity (Wildman–Crippen MR) is 194 cm³/mol. The summed E-state index contributed by atoms with van der Waals surface area (Å²) in [7, 11) is 0. The third-order valence-corrected chi connectivity index (χ3v) is 14.5. The molecule has 260 valence electrons. The molecule has 0 bridgehead atoms. The van der Waals surface area contributed by atoms with E-state index in [1.54, 1.807) is 5.57 Å². The van der Waals surface area contributed by atoms with Gasteiger partial charge >= 0.3 is 0 Å². The normalized spacial score (nSPS) is 31.8. The van der Waals surface area contributed by atoms with Gasteiger partial charge in [-0.3, -0.25) is 4.79 Å². The van der Waals surface area contributed by atoms with Crippen molar-refractivity contribution in [2.75, 3.05) is 0 Å². The topological polar surface area (TPSA) is 25.9 Å². The molecule has 3 aromatic rings. The molecule has 4 aliphatic rings. The number of ketones is 1. The van der Waals surface area contributed by atoms with Crippen LogP contribution in [0.25, 0.3) is 11.0 Å². The molecular formula is C44H61BrN2O. The molecule has 48 heavy (non-hydrogen) atoms. The summed E-state index contributed by atoms with van der Waals surface area (Å²) in [6.45, 7) is 17.5. The van der Waals surface area contributed by atoms with Gasteiger partial charge < -0.3 is 17.0 Å². The monoisotopic (exact) mass is 712 g/mol. The Balaban J connectivity index is 0.00000401. The summed E-state index contributed by atoms with van der Waals surface area (Å²) in [5.74, 6) is 5.42. The zero-order valence-electron chi connectivity index (χ0n) is 30.9. The van der Waals surface area contributed by atoms with E-state index in [9.17, 15) is 4.79 Å². The first kappa shape index (κ1) is 35.6. The van der Waals surface area contributed by atoms with Crippen molar-refractivity contribution in [3.63, 3.8) is 0 Å². The molecule has 0 unspecified atom stereocenters. The van der Waals surface area contributed by atoms with Crippen molar-refractivity contribution >= 4 is 16.8 Å². The fourth-order valence-electron chi connectivity index (χ4n) is 11.7. The summed E-state index contributed by atoms with van der Waals surface area (Å²) < 4.78 is 4.77. The van der Waals surface area contributed by atoms with Gasteiger partial charge in [-0.25, -0.2) is 9.13 Å². The van der Waals surface area contributed by atoms with Crippen LogP contribution in [0, 0.1) is 60.2 Å². The highest BCUT2D eigenvalue weighted by molar-refractivity contribution is 5.95. The van der Waals surface area contributed by atoms with E-state index in [0.717, 1.165) is 47.5 Å². The van der Waals surface area contributed by atoms with Crippen LogP contribution in [0.15, 0.2) is 60.4 Å². The Morgan fingerprint density at radius 3 is 2.44 bits per heavy atom. The number of benzene rings is 2. The number of rotatable bonds is 9. The van der Waals surface area contributed by atoms with Crippen molar-refractivity contribution < 1.29 is 26.3 Å². The van der Waals surface area contributed by atoms with Crippen LogP contribution in [0.5, 0.6) is 0 Å². The Kier molecular flexibility index (Phi) is 10.3. The molecule has 3 nitrogen and oxygen atoms in total. The van der Waals surface area contributed by atoms with Crippen molar-refractivity contribution in [2.45, 2.75) is 132 Å². The van der Waals surface area contributed by atoms with E-state index in [4.69, 9.17) is 0 Å². The second kappa shape index (κ2) is 13.8. The van der Waals surface area contributed by atoms with E-state index in [-0.39, 0.29) is 22.8 Å². The van der Waals surface area contributed by atoms with E-state index in [2.05, 4.69) is 82.1 Å². The Bertz CT molecular complexity index is 1650. The van der Waals surface area contributed by atoms with Gasteiger partial charge in [0.2, 0.25) is 12.1 Å². The molecule has 0 amide bonds. The lowest BCUT2D eigenvalue weighted by atomic mass is 9.47. The Morgan fingerprint density at radius 2 is 1.69 bits per heavy atom. The molecule has 3 fully saturated rings. The zero-order chi connectivity index (χ0) is 33.1. The van der Waals surface area contributed by atoms with Crippen LogP contribution in [0.4, 0.5) is 0 Å². The number of hydrogen-bond acceptors (Lipinski definition) is 1. The molecular weight excluding hydrogens is 652 g/mol. The SMILES string of the molecule is Cc1cc2c(cc1C)[n+](CC(=O)c1ccccc1)cn2[C@@H]1CC[C@@]2(C)C(=CC[C@H]3[C@@H]4CC[C@H]([C@H](C)CCCC(C)C)[C@@]4(C)CC[C@@H]32)C1.[Br-]. The number of fused-ring (bicyclic) bond motifs is 6. The molecule has 1 aromatic heterocycles. The third kappa shape index (κ3) is 6.20. The van der Waals surface area contributed by atoms with Gasteiger partial charge in [-0.1, -0.05) is 95.9 Å². The minimum Gasteiger partial charge on any atom is -1.00 e. The molecule has 0 spiro atoms. The van der Waals surface area contributed by atoms with Gasteiger partial charge in [0.1, 0.15) is 6.04 Å². The number of halogens is 1. The minimum absolute atomic E-state index is 0. The van der Waals surface area contributed by atoms with Crippen LogP contribution in [0.3, 0.4) is 0 Å². The molecule has 0 radical (unpaired) electrons. The second-order valence-corrected chi connectivity index (χ2v) is 17.6. The summed E-state index contributed by atoms with van der Waals surface area (Å²) in [6, 6.07) is 14.9. The maximum Gasteiger partial charge on any atom is 0.245 e. The fraction of sp³-hybridized carbons (Fsp3) is 0.636. The van der Waals surface area contributed by atoms with E-state index in [1.807, 2.05) is 30.3 Å². The molecule has 7 rings (SSSR count). The van der Waals surface area contributed by atoms with E-state index in [1.165, 1.54) is 86.4 Å². The van der Waals surface area contributed by atoms with Crippen LogP contribution in [-0.4, -0.2) is 10.4 Å². The lowest BCUT2D eigenvalue weighted by Gasteiger charge is -2.58. The van der Waals surface area contributed by atoms with Gasteiger partial charge in [0.05, 0.1) is 0 Å². The molecule has 4 heteroatoms. The van der Waals surface area contributed by atoms with Crippen LogP contribution in [0.1, 0.15) is 133 Å². The van der Waals surface area contributed by atoms with Crippen LogP contribution in [-0.2, 0) is 6.54 Å². The highest BCUT2D eigenvalue weighted by Crippen LogP contribution is 2.67. The first-order valence-electron chi connectivity index (χ1n) is 19.3. The Labute approximate surface area is 301 Å². The van der Waals surface area contributed by atoms with Gasteiger partial charge in [-0.15, -0.1) is 0 Å². The first-order valence-corrected chi connectivity index (χ1v) is 19.3. The summed E-state index contributed by atoms with van der Waals surface area (Å²) in [4.78, 5) is 13.3. The van der Waals surface area contributed by atoms with Crippen molar-refractivity contribution in [1.82, 2.24) is 4.57 Å². The number of allylic oxidation sites excluding steroid dienone is 2. The predicted octanol–water partition coefficient (Wildman–Crippen LogP) is 8.02. The number of imidazole rings is 1. The maximum atomic E-state index is 13.3. The van der Waals surface area contributed by atoms with Crippen molar-refractivity contribution in [3.05, 3.63) is 77.1 Å². The van der Waals surface area contributed by atoms with E-state index in [0.29, 0.717) is 23.4 Å². The van der Waals surface area contributed by atoms with Crippen LogP contribution < -0.4 is 21.5 Å². The molecule has 0 N–H and O–H groups in total. The minimum atomic E-state index is 0. The smallest absolute Gasteiger partial charge is 0.245 e. The summed E-state index contributed by atoms with van der Waals surface area (Å²) in [5.41, 5.74) is 8.50. The van der Waals surface area contributed by atoms with Gasteiger partial charge in [-0.05, 0) is 128 Å². The van der Waals surface area contributed by atoms with Crippen molar-refractivity contribution in [2.24, 2.45) is 46.3 Å². The number of Topliss-reactive ketones (excluding diaryl/α,β-unsaturated/α-hetero) is 1. The quantitative estimate of drug-likeness (QED) is 0.125. The highest BCUT2D eigenvalue weighted by atomic mass is 79.9. The van der Waals surface area contributed by atoms with Gasteiger partial charge in [-0.2, -0.15) is 0 Å². The Morgan fingerprint density at radius 1 is 0.938 bits per heavy atom. The number of hydrogen-bond donors (Lipinski definition) is 0. The number of nitrogens with zero attached hydrogens (tertiary/aromatic N) is 2. The fourth-order valence-corrected chi connectivity index (χ4v) is 11.7. The Hall–Kier alpha value is -2.20. The summed E-state index contributed by atoms with van der Waals surface area (Å²) >= 11 is 0. The molecule has 4 aliphatic carbocycles. The van der Waals surface area contributed by atoms with E-state index < -0.39 is 0 Å². The maximum absolute atomic E-state index is 13.3. The highest BCUT2D eigenvalue weighted by Gasteiger charge is 2.59. The van der Waals surface area contributed by atoms with Gasteiger partial charge in [0, 0.05) is 12.0 Å². The van der Waals surface area contributed by atoms with Crippen molar-refractivity contribution in [1.29, 1.82) is 0 Å². The largest absolute Gasteiger partial charge is 1.00 e. The van der Waals surface area contributed by atoms with E-state index >= 15 is 0 Å². The summed E-state index contributed by atoms with van der Waals surface area (Å²) in [5, 5.41) is 0. The van der Waals surface area contributed by atoms with Crippen LogP contribution in [0.2, 0.25) is 0 Å². The lowest BCUT2D eigenvalue weighted by Crippen LogP contribution is -3.00. The van der Waals surface area contributed by atoms with Crippen molar-refractivity contribution in [3.8, 4) is 0 Å². The second-order valence-electron chi connectivity index (χ2n) is 17.6. The van der Waals surface area contributed by atoms with Crippen LogP contribution >= 0.6 is 0 Å². The summed E-state index contributed by atoms with van der Waals surface area (Å²) in [6.07, 6.45) is 20.0. The number of carbonyl (C=O) groups excluding carboxylic acids is 1. The van der Waals surface area contributed by atoms with Gasteiger partial charge in [0.25, 0.3) is 0 Å². The molecule has 1 heterocycles. The molecule has 8 atom stereocenters. The third-order valence-electron chi connectivity index (χ3n) is 14.5. The molecule has 2 aromatic carbocycles. The van der Waals surface area contributed by atoms with Gasteiger partial charge in [0.15, 0.2) is 17.6 Å². The molecule has 0 saturated heterocycles. The zero-order valence-corrected chi connectivity index (χ0v) is 32.5. The molecule has 3 saturated carbocycles. The standard InChI is InChI=1S/C44H61N2O.BrH/c1-29(2)12-11-13-30(3)37-18-19-38-36-17-16-34-26-35(20-22-43(34,6)39(36)21-23-44(37,38)7)46-28-45(27-42(47)33-14-9-8-10-15-33)40-24-31(4)32(5)25-41(40)46;/h8-10,14-16,24-25,28-30,35-39H,11-13,17-23,26-27H2,1-7H3;1H/q+1;/p-1/t30-,35-,36+,37-,38+,39+,43+,44-;/m1./s1. The lowest BCUT2D eigenvalue weighted by molar-refractivity contribution is -0.658. The number of aryl methyl sites for hydroxylation is 2. The first-order chi connectivity index (χ1) is 22.5. The average Bonchev–Trinajstić information content (AvgIpc) is 3.58. The number of aromatic nitrogens is 2.